The van der Waals surface area contributed by atoms with Crippen molar-refractivity contribution in [3.8, 4) is 5.88 Å². The summed E-state index contributed by atoms with van der Waals surface area (Å²) in [6, 6.07) is 3.77. The number of rotatable bonds is 5. The van der Waals surface area contributed by atoms with E-state index in [1.807, 2.05) is 39.2 Å². The van der Waals surface area contributed by atoms with E-state index in [0.29, 0.717) is 25.0 Å². The molecule has 6 heteroatoms. The average Bonchev–Trinajstić information content (AvgIpc) is 2.72. The summed E-state index contributed by atoms with van der Waals surface area (Å²) in [5.41, 5.74) is 1.82. The van der Waals surface area contributed by atoms with Crippen LogP contribution in [0.2, 0.25) is 0 Å². The van der Waals surface area contributed by atoms with Crippen molar-refractivity contribution in [3.63, 3.8) is 0 Å². The third kappa shape index (κ3) is 3.19. The van der Waals surface area contributed by atoms with Crippen molar-refractivity contribution in [1.82, 2.24) is 19.7 Å². The summed E-state index contributed by atoms with van der Waals surface area (Å²) in [6.45, 7) is 5.03. The van der Waals surface area contributed by atoms with Gasteiger partial charge in [-0.2, -0.15) is 10.1 Å². The van der Waals surface area contributed by atoms with Crippen LogP contribution in [0.4, 0.5) is 5.95 Å². The minimum Gasteiger partial charge on any atom is -0.478 e. The molecule has 0 saturated carbocycles. The SMILES string of the molecule is CCOc1cc(C)nc(NCc2ccn(C)n2)n1. The van der Waals surface area contributed by atoms with E-state index >= 15 is 0 Å². The van der Waals surface area contributed by atoms with E-state index in [0.717, 1.165) is 11.4 Å². The van der Waals surface area contributed by atoms with Crippen LogP contribution in [-0.4, -0.2) is 26.4 Å². The fourth-order valence-electron chi connectivity index (χ4n) is 1.57. The molecule has 0 aromatic carbocycles. The van der Waals surface area contributed by atoms with Gasteiger partial charge in [-0.1, -0.05) is 0 Å². The van der Waals surface area contributed by atoms with E-state index in [4.69, 9.17) is 4.74 Å². The van der Waals surface area contributed by atoms with Crippen molar-refractivity contribution in [2.75, 3.05) is 11.9 Å². The molecule has 1 N–H and O–H groups in total. The van der Waals surface area contributed by atoms with Gasteiger partial charge in [0, 0.05) is 25.0 Å². The van der Waals surface area contributed by atoms with E-state index in [-0.39, 0.29) is 0 Å². The molecule has 96 valence electrons. The van der Waals surface area contributed by atoms with Crippen LogP contribution in [0.5, 0.6) is 5.88 Å². The average molecular weight is 247 g/mol. The molecule has 0 fully saturated rings. The summed E-state index contributed by atoms with van der Waals surface area (Å²) in [6.07, 6.45) is 1.90. The van der Waals surface area contributed by atoms with Crippen LogP contribution >= 0.6 is 0 Å². The fraction of sp³-hybridized carbons (Fsp3) is 0.417. The van der Waals surface area contributed by atoms with E-state index in [1.54, 1.807) is 4.68 Å². The van der Waals surface area contributed by atoms with Gasteiger partial charge in [0.05, 0.1) is 18.8 Å². The highest BCUT2D eigenvalue weighted by Crippen LogP contribution is 2.12. The first kappa shape index (κ1) is 12.3. The molecule has 0 atom stereocenters. The van der Waals surface area contributed by atoms with Crippen LogP contribution in [-0.2, 0) is 13.6 Å². The van der Waals surface area contributed by atoms with Gasteiger partial charge in [-0.15, -0.1) is 0 Å². The van der Waals surface area contributed by atoms with Gasteiger partial charge in [0.2, 0.25) is 11.8 Å². The van der Waals surface area contributed by atoms with Gasteiger partial charge in [-0.25, -0.2) is 4.98 Å². The maximum Gasteiger partial charge on any atom is 0.226 e. The molecular weight excluding hydrogens is 230 g/mol. The number of ether oxygens (including phenoxy) is 1. The van der Waals surface area contributed by atoms with Crippen LogP contribution in [0.3, 0.4) is 0 Å². The minimum atomic E-state index is 0.559. The highest BCUT2D eigenvalue weighted by atomic mass is 16.5. The molecular formula is C12H17N5O. The molecule has 18 heavy (non-hydrogen) atoms. The summed E-state index contributed by atoms with van der Waals surface area (Å²) < 4.78 is 7.14. The van der Waals surface area contributed by atoms with Crippen LogP contribution in [0.15, 0.2) is 18.3 Å². The lowest BCUT2D eigenvalue weighted by Gasteiger charge is -2.07. The summed E-state index contributed by atoms with van der Waals surface area (Å²) in [7, 11) is 1.89. The van der Waals surface area contributed by atoms with E-state index in [9.17, 15) is 0 Å². The Labute approximate surface area is 106 Å². The molecule has 0 aliphatic rings. The molecule has 0 aliphatic carbocycles. The lowest BCUT2D eigenvalue weighted by molar-refractivity contribution is 0.326. The van der Waals surface area contributed by atoms with Crippen molar-refractivity contribution in [1.29, 1.82) is 0 Å². The first-order chi connectivity index (χ1) is 8.67. The molecule has 0 aliphatic heterocycles. The van der Waals surface area contributed by atoms with Gasteiger partial charge >= 0.3 is 0 Å². The minimum absolute atomic E-state index is 0.559. The van der Waals surface area contributed by atoms with Crippen LogP contribution in [0.1, 0.15) is 18.3 Å². The zero-order chi connectivity index (χ0) is 13.0. The molecule has 0 radical (unpaired) electrons. The molecule has 0 saturated heterocycles. The third-order valence-corrected chi connectivity index (χ3v) is 2.32. The Hall–Kier alpha value is -2.11. The number of aryl methyl sites for hydroxylation is 2. The zero-order valence-electron chi connectivity index (χ0n) is 10.8. The Morgan fingerprint density at radius 1 is 1.39 bits per heavy atom. The molecule has 2 heterocycles. The summed E-state index contributed by atoms with van der Waals surface area (Å²) in [5, 5.41) is 7.41. The summed E-state index contributed by atoms with van der Waals surface area (Å²) in [5.74, 6) is 1.15. The Morgan fingerprint density at radius 2 is 2.22 bits per heavy atom. The highest BCUT2D eigenvalue weighted by Gasteiger charge is 2.03. The van der Waals surface area contributed by atoms with Crippen molar-refractivity contribution in [2.24, 2.45) is 7.05 Å². The predicted molar refractivity (Wildman–Crippen MR) is 68.5 cm³/mol. The molecule has 0 spiro atoms. The normalized spacial score (nSPS) is 10.4. The molecule has 2 rings (SSSR count). The second-order valence-electron chi connectivity index (χ2n) is 3.94. The van der Waals surface area contributed by atoms with Crippen molar-refractivity contribution < 1.29 is 4.74 Å². The largest absolute Gasteiger partial charge is 0.478 e. The number of anilines is 1. The lowest BCUT2D eigenvalue weighted by atomic mass is 10.4. The smallest absolute Gasteiger partial charge is 0.226 e. The van der Waals surface area contributed by atoms with Crippen molar-refractivity contribution >= 4 is 5.95 Å². The zero-order valence-corrected chi connectivity index (χ0v) is 10.8. The Bertz CT molecular complexity index is 523. The Kier molecular flexibility index (Phi) is 3.76. The third-order valence-electron chi connectivity index (χ3n) is 2.32. The van der Waals surface area contributed by atoms with Crippen molar-refractivity contribution in [3.05, 3.63) is 29.7 Å². The van der Waals surface area contributed by atoms with Gasteiger partial charge < -0.3 is 10.1 Å². The van der Waals surface area contributed by atoms with Gasteiger partial charge in [-0.05, 0) is 19.9 Å². The molecule has 0 unspecified atom stereocenters. The van der Waals surface area contributed by atoms with E-state index in [1.165, 1.54) is 0 Å². The Balaban J connectivity index is 2.04. The maximum absolute atomic E-state index is 5.37. The molecule has 6 nitrogen and oxygen atoms in total. The van der Waals surface area contributed by atoms with Crippen LogP contribution in [0, 0.1) is 6.92 Å². The number of hydrogen-bond acceptors (Lipinski definition) is 5. The van der Waals surface area contributed by atoms with Gasteiger partial charge in [0.15, 0.2) is 0 Å². The number of aromatic nitrogens is 4. The first-order valence-corrected chi connectivity index (χ1v) is 5.88. The number of hydrogen-bond donors (Lipinski definition) is 1. The maximum atomic E-state index is 5.37. The number of nitrogens with one attached hydrogen (secondary N) is 1. The fourth-order valence-corrected chi connectivity index (χ4v) is 1.57. The first-order valence-electron chi connectivity index (χ1n) is 5.88. The lowest BCUT2D eigenvalue weighted by Crippen LogP contribution is -2.07. The van der Waals surface area contributed by atoms with Gasteiger partial charge in [-0.3, -0.25) is 4.68 Å². The standard InChI is InChI=1S/C12H17N5O/c1-4-18-11-7-9(2)14-12(15-11)13-8-10-5-6-17(3)16-10/h5-7H,4,8H2,1-3H3,(H,13,14,15). The van der Waals surface area contributed by atoms with E-state index in [2.05, 4.69) is 20.4 Å². The van der Waals surface area contributed by atoms with E-state index < -0.39 is 0 Å². The quantitative estimate of drug-likeness (QED) is 0.868. The molecule has 0 amide bonds. The highest BCUT2D eigenvalue weighted by molar-refractivity contribution is 5.31. The van der Waals surface area contributed by atoms with Crippen molar-refractivity contribution in [2.45, 2.75) is 20.4 Å². The Morgan fingerprint density at radius 3 is 2.89 bits per heavy atom. The van der Waals surface area contributed by atoms with Gasteiger partial charge in [0.25, 0.3) is 0 Å². The summed E-state index contributed by atoms with van der Waals surface area (Å²) in [4.78, 5) is 8.57. The van der Waals surface area contributed by atoms with Gasteiger partial charge in [0.1, 0.15) is 0 Å². The monoisotopic (exact) mass is 247 g/mol. The second kappa shape index (κ2) is 5.48. The topological polar surface area (TPSA) is 64.9 Å². The summed E-state index contributed by atoms with van der Waals surface area (Å²) >= 11 is 0. The predicted octanol–water partition coefficient (Wildman–Crippen LogP) is 1.53. The molecule has 0 bridgehead atoms. The van der Waals surface area contributed by atoms with Crippen LogP contribution in [0.25, 0.3) is 0 Å². The molecule has 2 aromatic rings. The molecule has 2 aromatic heterocycles. The number of nitrogens with zero attached hydrogens (tertiary/aromatic N) is 4. The van der Waals surface area contributed by atoms with Crippen LogP contribution < -0.4 is 10.1 Å². The second-order valence-corrected chi connectivity index (χ2v) is 3.94.